The highest BCUT2D eigenvalue weighted by atomic mass is 16.4. The summed E-state index contributed by atoms with van der Waals surface area (Å²) >= 11 is 0. The lowest BCUT2D eigenvalue weighted by molar-refractivity contribution is -0.142. The monoisotopic (exact) mass is 277 g/mol. The number of nitrogens with zero attached hydrogens (tertiary/aromatic N) is 3. The van der Waals surface area contributed by atoms with Crippen LogP contribution in [-0.4, -0.2) is 44.8 Å². The highest BCUT2D eigenvalue weighted by Gasteiger charge is 2.47. The fourth-order valence-corrected chi connectivity index (χ4v) is 3.16. The maximum absolute atomic E-state index is 12.5. The van der Waals surface area contributed by atoms with E-state index in [9.17, 15) is 14.7 Å². The van der Waals surface area contributed by atoms with Gasteiger partial charge in [0.15, 0.2) is 0 Å². The second kappa shape index (κ2) is 4.92. The van der Waals surface area contributed by atoms with E-state index in [2.05, 4.69) is 5.10 Å². The van der Waals surface area contributed by atoms with E-state index in [1.807, 2.05) is 0 Å². The van der Waals surface area contributed by atoms with Gasteiger partial charge in [-0.25, -0.2) is 0 Å². The van der Waals surface area contributed by atoms with E-state index in [4.69, 9.17) is 0 Å². The van der Waals surface area contributed by atoms with Gasteiger partial charge in [0.2, 0.25) is 5.91 Å². The number of aromatic nitrogens is 2. The Bertz CT molecular complexity index is 510. The first-order chi connectivity index (χ1) is 9.58. The number of aliphatic carboxylic acids is 1. The SMILES string of the molecule is CC(C(=O)N1C[C@H](C(=O)O)[C@@H](C2CC2)C1)n1cccn1. The molecule has 0 bridgehead atoms. The minimum absolute atomic E-state index is 0.0388. The lowest BCUT2D eigenvalue weighted by Gasteiger charge is -2.21. The summed E-state index contributed by atoms with van der Waals surface area (Å²) in [6, 6.07) is 1.40. The highest BCUT2D eigenvalue weighted by molar-refractivity contribution is 5.82. The van der Waals surface area contributed by atoms with E-state index in [1.54, 1.807) is 35.0 Å². The number of hydrogen-bond donors (Lipinski definition) is 1. The molecule has 0 aromatic carbocycles. The molecule has 1 unspecified atom stereocenters. The molecule has 6 nitrogen and oxygen atoms in total. The molecule has 3 rings (SSSR count). The molecule has 1 saturated carbocycles. The van der Waals surface area contributed by atoms with Gasteiger partial charge in [-0.1, -0.05) is 0 Å². The van der Waals surface area contributed by atoms with Crippen LogP contribution in [0.4, 0.5) is 0 Å². The fraction of sp³-hybridized carbons (Fsp3) is 0.643. The summed E-state index contributed by atoms with van der Waals surface area (Å²) in [5, 5.41) is 13.4. The third-order valence-corrected chi connectivity index (χ3v) is 4.50. The minimum atomic E-state index is -0.774. The van der Waals surface area contributed by atoms with Crippen LogP contribution >= 0.6 is 0 Å². The van der Waals surface area contributed by atoms with Crippen molar-refractivity contribution in [3.63, 3.8) is 0 Å². The molecule has 1 aliphatic carbocycles. The Morgan fingerprint density at radius 3 is 2.65 bits per heavy atom. The summed E-state index contributed by atoms with van der Waals surface area (Å²) in [7, 11) is 0. The second-order valence-corrected chi connectivity index (χ2v) is 5.85. The number of likely N-dealkylation sites (tertiary alicyclic amines) is 1. The minimum Gasteiger partial charge on any atom is -0.481 e. The van der Waals surface area contributed by atoms with E-state index in [0.29, 0.717) is 19.0 Å². The molecule has 2 fully saturated rings. The average Bonchev–Trinajstić information content (AvgIpc) is 2.96. The maximum atomic E-state index is 12.5. The van der Waals surface area contributed by atoms with Crippen LogP contribution in [0.1, 0.15) is 25.8 Å². The van der Waals surface area contributed by atoms with Crippen LogP contribution in [0.3, 0.4) is 0 Å². The van der Waals surface area contributed by atoms with Crippen molar-refractivity contribution in [1.29, 1.82) is 0 Å². The molecule has 1 aromatic rings. The molecular formula is C14H19N3O3. The summed E-state index contributed by atoms with van der Waals surface area (Å²) in [4.78, 5) is 25.5. The van der Waals surface area contributed by atoms with Crippen LogP contribution in [-0.2, 0) is 9.59 Å². The Kier molecular flexibility index (Phi) is 3.23. The van der Waals surface area contributed by atoms with Gasteiger partial charge in [0, 0.05) is 25.5 Å². The van der Waals surface area contributed by atoms with Crippen LogP contribution in [0, 0.1) is 17.8 Å². The van der Waals surface area contributed by atoms with Crippen LogP contribution in [0.2, 0.25) is 0 Å². The number of carbonyl (C=O) groups is 2. The number of carboxylic acids is 1. The highest BCUT2D eigenvalue weighted by Crippen LogP contribution is 2.44. The molecule has 0 spiro atoms. The average molecular weight is 277 g/mol. The molecule has 1 aliphatic heterocycles. The summed E-state index contributed by atoms with van der Waals surface area (Å²) in [6.45, 7) is 2.71. The number of hydrogen-bond acceptors (Lipinski definition) is 3. The quantitative estimate of drug-likeness (QED) is 0.891. The van der Waals surface area contributed by atoms with Gasteiger partial charge in [-0.15, -0.1) is 0 Å². The van der Waals surface area contributed by atoms with Crippen molar-refractivity contribution in [1.82, 2.24) is 14.7 Å². The number of carboxylic acid groups (broad SMARTS) is 1. The zero-order chi connectivity index (χ0) is 14.3. The Morgan fingerprint density at radius 1 is 1.35 bits per heavy atom. The van der Waals surface area contributed by atoms with E-state index >= 15 is 0 Å². The molecule has 6 heteroatoms. The van der Waals surface area contributed by atoms with Gasteiger partial charge in [0.25, 0.3) is 0 Å². The zero-order valence-corrected chi connectivity index (χ0v) is 11.5. The first-order valence-corrected chi connectivity index (χ1v) is 7.08. The van der Waals surface area contributed by atoms with E-state index < -0.39 is 11.9 Å². The smallest absolute Gasteiger partial charge is 0.308 e. The Morgan fingerprint density at radius 2 is 2.10 bits per heavy atom. The molecule has 1 aromatic heterocycles. The summed E-state index contributed by atoms with van der Waals surface area (Å²) < 4.78 is 1.61. The predicted octanol–water partition coefficient (Wildman–Crippen LogP) is 1.01. The van der Waals surface area contributed by atoms with Crippen molar-refractivity contribution in [3.05, 3.63) is 18.5 Å². The first-order valence-electron chi connectivity index (χ1n) is 7.08. The summed E-state index contributed by atoms with van der Waals surface area (Å²) in [5.74, 6) is -0.599. The lowest BCUT2D eigenvalue weighted by atomic mass is 9.92. The molecule has 3 atom stereocenters. The maximum Gasteiger partial charge on any atom is 0.308 e. The van der Waals surface area contributed by atoms with Gasteiger partial charge in [0.05, 0.1) is 5.92 Å². The summed E-state index contributed by atoms with van der Waals surface area (Å²) in [6.07, 6.45) is 5.60. The fourth-order valence-electron chi connectivity index (χ4n) is 3.16. The van der Waals surface area contributed by atoms with Gasteiger partial charge in [0.1, 0.15) is 6.04 Å². The van der Waals surface area contributed by atoms with Crippen LogP contribution in [0.25, 0.3) is 0 Å². The van der Waals surface area contributed by atoms with Gasteiger partial charge < -0.3 is 10.0 Å². The van der Waals surface area contributed by atoms with Crippen LogP contribution in [0.15, 0.2) is 18.5 Å². The predicted molar refractivity (Wildman–Crippen MR) is 70.9 cm³/mol. The van der Waals surface area contributed by atoms with Gasteiger partial charge >= 0.3 is 5.97 Å². The third kappa shape index (κ3) is 2.30. The molecule has 0 radical (unpaired) electrons. The topological polar surface area (TPSA) is 75.4 Å². The standard InChI is InChI=1S/C14H19N3O3/c1-9(17-6-2-5-15-17)13(18)16-7-11(10-3-4-10)12(8-16)14(19)20/h2,5-6,9-12H,3-4,7-8H2,1H3,(H,19,20)/t9?,11-,12+/m1/s1. The van der Waals surface area contributed by atoms with Crippen molar-refractivity contribution in [2.24, 2.45) is 17.8 Å². The largest absolute Gasteiger partial charge is 0.481 e. The van der Waals surface area contributed by atoms with E-state index in [-0.39, 0.29) is 17.9 Å². The molecule has 2 heterocycles. The lowest BCUT2D eigenvalue weighted by Crippen LogP contribution is -2.35. The Balaban J connectivity index is 1.71. The second-order valence-electron chi connectivity index (χ2n) is 5.85. The molecule has 2 aliphatic rings. The zero-order valence-electron chi connectivity index (χ0n) is 11.5. The van der Waals surface area contributed by atoms with E-state index in [1.165, 1.54) is 0 Å². The molecule has 1 amide bonds. The van der Waals surface area contributed by atoms with Crippen molar-refractivity contribution in [3.8, 4) is 0 Å². The van der Waals surface area contributed by atoms with Crippen molar-refractivity contribution < 1.29 is 14.7 Å². The molecule has 1 N–H and O–H groups in total. The summed E-state index contributed by atoms with van der Waals surface area (Å²) in [5.41, 5.74) is 0. The third-order valence-electron chi connectivity index (χ3n) is 4.50. The number of amides is 1. The number of carbonyl (C=O) groups excluding carboxylic acids is 1. The first kappa shape index (κ1) is 13.1. The molecule has 1 saturated heterocycles. The van der Waals surface area contributed by atoms with Gasteiger partial charge in [-0.05, 0) is 37.7 Å². The van der Waals surface area contributed by atoms with Gasteiger partial charge in [-0.3, -0.25) is 14.3 Å². The van der Waals surface area contributed by atoms with Crippen LogP contribution in [0.5, 0.6) is 0 Å². The molecule has 108 valence electrons. The van der Waals surface area contributed by atoms with Crippen LogP contribution < -0.4 is 0 Å². The molecular weight excluding hydrogens is 258 g/mol. The number of rotatable bonds is 4. The Hall–Kier alpha value is -1.85. The van der Waals surface area contributed by atoms with Crippen molar-refractivity contribution in [2.75, 3.05) is 13.1 Å². The van der Waals surface area contributed by atoms with Crippen molar-refractivity contribution in [2.45, 2.75) is 25.8 Å². The van der Waals surface area contributed by atoms with E-state index in [0.717, 1.165) is 12.8 Å². The molecule has 20 heavy (non-hydrogen) atoms. The normalized spacial score (nSPS) is 27.6. The van der Waals surface area contributed by atoms with Gasteiger partial charge in [-0.2, -0.15) is 5.10 Å². The van der Waals surface area contributed by atoms with Crippen molar-refractivity contribution >= 4 is 11.9 Å². The Labute approximate surface area is 117 Å².